The summed E-state index contributed by atoms with van der Waals surface area (Å²) >= 11 is 0. The number of nitriles is 1. The van der Waals surface area contributed by atoms with Crippen molar-refractivity contribution in [3.8, 4) is 11.8 Å². The van der Waals surface area contributed by atoms with Gasteiger partial charge in [-0.3, -0.25) is 9.78 Å². The number of piperidine rings is 1. The lowest BCUT2D eigenvalue weighted by molar-refractivity contribution is 0.0900. The van der Waals surface area contributed by atoms with Gasteiger partial charge >= 0.3 is 6.09 Å². The quantitative estimate of drug-likeness (QED) is 0.869. The van der Waals surface area contributed by atoms with E-state index in [1.165, 1.54) is 11.1 Å². The molecule has 1 amide bonds. The third kappa shape index (κ3) is 2.99. The summed E-state index contributed by atoms with van der Waals surface area (Å²) in [5.41, 5.74) is 1.41. The highest BCUT2D eigenvalue weighted by molar-refractivity contribution is 5.92. The summed E-state index contributed by atoms with van der Waals surface area (Å²) in [5, 5.41) is 18.9. The number of hydrogen-bond acceptors (Lipinski definition) is 5. The molecule has 1 aromatic carbocycles. The standard InChI is InChI=1S/C17H15N3O4/c18-8-12-9-19-15-2-1-11(10-21)7-14(15)16(12)24-13-3-5-20(6-4-13)17(22)23/h1-2,7,9-10,13H,3-6H2,(H,22,23). The average molecular weight is 325 g/mol. The molecule has 7 nitrogen and oxygen atoms in total. The number of carboxylic acid groups (broad SMARTS) is 1. The summed E-state index contributed by atoms with van der Waals surface area (Å²) in [7, 11) is 0. The van der Waals surface area contributed by atoms with E-state index in [0.717, 1.165) is 6.29 Å². The van der Waals surface area contributed by atoms with Crippen LogP contribution in [0.2, 0.25) is 0 Å². The van der Waals surface area contributed by atoms with Gasteiger partial charge in [0.1, 0.15) is 29.8 Å². The Hall–Kier alpha value is -3.14. The van der Waals surface area contributed by atoms with E-state index in [1.54, 1.807) is 18.2 Å². The average Bonchev–Trinajstić information content (AvgIpc) is 2.62. The third-order valence-corrected chi connectivity index (χ3v) is 4.10. The van der Waals surface area contributed by atoms with E-state index in [4.69, 9.17) is 9.84 Å². The van der Waals surface area contributed by atoms with Crippen molar-refractivity contribution >= 4 is 23.3 Å². The summed E-state index contributed by atoms with van der Waals surface area (Å²) < 4.78 is 6.02. The number of nitrogens with zero attached hydrogens (tertiary/aromatic N) is 3. The Morgan fingerprint density at radius 3 is 2.79 bits per heavy atom. The lowest BCUT2D eigenvalue weighted by Crippen LogP contribution is -2.41. The van der Waals surface area contributed by atoms with Crippen LogP contribution in [0.1, 0.15) is 28.8 Å². The summed E-state index contributed by atoms with van der Waals surface area (Å²) in [5.74, 6) is 0.403. The highest BCUT2D eigenvalue weighted by Gasteiger charge is 2.25. The number of hydrogen-bond donors (Lipinski definition) is 1. The minimum absolute atomic E-state index is 0.182. The Kier molecular flexibility index (Phi) is 4.29. The van der Waals surface area contributed by atoms with Gasteiger partial charge in [0, 0.05) is 43.1 Å². The van der Waals surface area contributed by atoms with Gasteiger partial charge in [0.2, 0.25) is 0 Å². The molecule has 1 aromatic heterocycles. The number of carbonyl (C=O) groups excluding carboxylic acids is 1. The van der Waals surface area contributed by atoms with Crippen LogP contribution in [0.5, 0.6) is 5.75 Å². The van der Waals surface area contributed by atoms with Gasteiger partial charge in [-0.05, 0) is 18.2 Å². The molecular weight excluding hydrogens is 310 g/mol. The van der Waals surface area contributed by atoms with E-state index < -0.39 is 6.09 Å². The van der Waals surface area contributed by atoms with Gasteiger partial charge in [0.05, 0.1) is 5.52 Å². The van der Waals surface area contributed by atoms with E-state index in [9.17, 15) is 14.9 Å². The minimum atomic E-state index is -0.934. The van der Waals surface area contributed by atoms with Crippen LogP contribution in [0.3, 0.4) is 0 Å². The summed E-state index contributed by atoms with van der Waals surface area (Å²) in [4.78, 5) is 27.5. The highest BCUT2D eigenvalue weighted by atomic mass is 16.5. The Labute approximate surface area is 138 Å². The zero-order valence-electron chi connectivity index (χ0n) is 12.8. The Morgan fingerprint density at radius 1 is 1.42 bits per heavy atom. The largest absolute Gasteiger partial charge is 0.488 e. The maximum absolute atomic E-state index is 11.0. The van der Waals surface area contributed by atoms with Crippen LogP contribution in [0.15, 0.2) is 24.4 Å². The number of amides is 1. The number of rotatable bonds is 3. The van der Waals surface area contributed by atoms with Gasteiger partial charge in [-0.1, -0.05) is 0 Å². The molecule has 0 atom stereocenters. The van der Waals surface area contributed by atoms with Crippen LogP contribution in [0, 0.1) is 11.3 Å². The molecule has 0 bridgehead atoms. The van der Waals surface area contributed by atoms with E-state index in [-0.39, 0.29) is 6.10 Å². The SMILES string of the molecule is N#Cc1cnc2ccc(C=O)cc2c1OC1CCN(C(=O)O)CC1. The van der Waals surface area contributed by atoms with Crippen molar-refractivity contribution in [2.75, 3.05) is 13.1 Å². The topological polar surface area (TPSA) is 104 Å². The van der Waals surface area contributed by atoms with Gasteiger partial charge in [-0.15, -0.1) is 0 Å². The molecule has 1 aliphatic rings. The zero-order chi connectivity index (χ0) is 17.1. The Bertz CT molecular complexity index is 836. The van der Waals surface area contributed by atoms with Crippen molar-refractivity contribution in [1.29, 1.82) is 5.26 Å². The number of carbonyl (C=O) groups is 2. The monoisotopic (exact) mass is 325 g/mol. The molecule has 1 fully saturated rings. The summed E-state index contributed by atoms with van der Waals surface area (Å²) in [6, 6.07) is 7.08. The Morgan fingerprint density at radius 2 is 2.17 bits per heavy atom. The van der Waals surface area contributed by atoms with E-state index >= 15 is 0 Å². The van der Waals surface area contributed by atoms with Crippen molar-refractivity contribution in [3.05, 3.63) is 35.5 Å². The van der Waals surface area contributed by atoms with E-state index in [0.29, 0.717) is 53.7 Å². The molecule has 0 unspecified atom stereocenters. The van der Waals surface area contributed by atoms with E-state index in [1.807, 2.05) is 0 Å². The fraction of sp³-hybridized carbons (Fsp3) is 0.294. The lowest BCUT2D eigenvalue weighted by atomic mass is 10.1. The molecule has 1 N–H and O–H groups in total. The second kappa shape index (κ2) is 6.54. The van der Waals surface area contributed by atoms with Gasteiger partial charge in [-0.25, -0.2) is 4.79 Å². The van der Waals surface area contributed by atoms with Crippen LogP contribution < -0.4 is 4.74 Å². The highest BCUT2D eigenvalue weighted by Crippen LogP contribution is 2.31. The molecule has 0 spiro atoms. The second-order valence-electron chi connectivity index (χ2n) is 5.59. The molecule has 7 heteroatoms. The first kappa shape index (κ1) is 15.7. The maximum atomic E-state index is 11.0. The zero-order valence-corrected chi connectivity index (χ0v) is 12.8. The van der Waals surface area contributed by atoms with Crippen LogP contribution in [0.25, 0.3) is 10.9 Å². The van der Waals surface area contributed by atoms with Crippen molar-refractivity contribution < 1.29 is 19.4 Å². The normalized spacial score (nSPS) is 15.0. The molecule has 0 saturated carbocycles. The lowest BCUT2D eigenvalue weighted by Gasteiger charge is -2.30. The number of aldehydes is 1. The number of ether oxygens (including phenoxy) is 1. The van der Waals surface area contributed by atoms with Crippen LogP contribution in [0.4, 0.5) is 4.79 Å². The molecule has 122 valence electrons. The van der Waals surface area contributed by atoms with E-state index in [2.05, 4.69) is 11.1 Å². The second-order valence-corrected chi connectivity index (χ2v) is 5.59. The number of benzene rings is 1. The summed E-state index contributed by atoms with van der Waals surface area (Å²) in [6.45, 7) is 0.787. The fourth-order valence-electron chi connectivity index (χ4n) is 2.80. The number of aromatic nitrogens is 1. The number of likely N-dealkylation sites (tertiary alicyclic amines) is 1. The predicted octanol–water partition coefficient (Wildman–Crippen LogP) is 2.44. The molecule has 2 heterocycles. The molecule has 3 rings (SSSR count). The molecular formula is C17H15N3O4. The van der Waals surface area contributed by atoms with Crippen LogP contribution in [-0.2, 0) is 0 Å². The smallest absolute Gasteiger partial charge is 0.407 e. The molecule has 2 aromatic rings. The van der Waals surface area contributed by atoms with Crippen molar-refractivity contribution in [2.24, 2.45) is 0 Å². The molecule has 24 heavy (non-hydrogen) atoms. The van der Waals surface area contributed by atoms with Gasteiger partial charge in [-0.2, -0.15) is 5.26 Å². The maximum Gasteiger partial charge on any atom is 0.407 e. The van der Waals surface area contributed by atoms with Gasteiger partial charge in [0.25, 0.3) is 0 Å². The molecule has 0 radical (unpaired) electrons. The van der Waals surface area contributed by atoms with Gasteiger partial charge < -0.3 is 14.7 Å². The van der Waals surface area contributed by atoms with Crippen molar-refractivity contribution in [1.82, 2.24) is 9.88 Å². The molecule has 1 aliphatic heterocycles. The first-order valence-corrected chi connectivity index (χ1v) is 7.55. The van der Waals surface area contributed by atoms with Crippen molar-refractivity contribution in [2.45, 2.75) is 18.9 Å². The molecule has 1 saturated heterocycles. The van der Waals surface area contributed by atoms with Gasteiger partial charge in [0.15, 0.2) is 0 Å². The first-order valence-electron chi connectivity index (χ1n) is 7.55. The number of pyridine rings is 1. The summed E-state index contributed by atoms with van der Waals surface area (Å²) in [6.07, 6.45) is 2.16. The number of fused-ring (bicyclic) bond motifs is 1. The van der Waals surface area contributed by atoms with Crippen LogP contribution >= 0.6 is 0 Å². The Balaban J connectivity index is 1.92. The predicted molar refractivity (Wildman–Crippen MR) is 85.1 cm³/mol. The van der Waals surface area contributed by atoms with Crippen molar-refractivity contribution in [3.63, 3.8) is 0 Å². The first-order chi connectivity index (χ1) is 11.6. The molecule has 0 aliphatic carbocycles. The minimum Gasteiger partial charge on any atom is -0.488 e. The third-order valence-electron chi connectivity index (χ3n) is 4.10. The van der Waals surface area contributed by atoms with Crippen LogP contribution in [-0.4, -0.2) is 46.6 Å². The fourth-order valence-corrected chi connectivity index (χ4v) is 2.80.